The molecule has 1 saturated heterocycles. The van der Waals surface area contributed by atoms with Crippen LogP contribution in [0.25, 0.3) is 0 Å². The number of carbonyl (C=O) groups excluding carboxylic acids is 1. The van der Waals surface area contributed by atoms with E-state index >= 15 is 0 Å². The Morgan fingerprint density at radius 1 is 1.21 bits per heavy atom. The average molecular weight is 277 g/mol. The van der Waals surface area contributed by atoms with Gasteiger partial charge in [-0.1, -0.05) is 19.8 Å². The van der Waals surface area contributed by atoms with Crippen molar-refractivity contribution in [1.82, 2.24) is 5.32 Å². The van der Waals surface area contributed by atoms with Crippen molar-refractivity contribution in [2.75, 3.05) is 6.61 Å². The lowest BCUT2D eigenvalue weighted by Gasteiger charge is -2.40. The van der Waals surface area contributed by atoms with Crippen LogP contribution >= 0.6 is 0 Å². The Morgan fingerprint density at radius 3 is 2.47 bits per heavy atom. The van der Waals surface area contributed by atoms with Crippen molar-refractivity contribution in [1.29, 1.82) is 0 Å². The SMILES string of the molecule is CCCCCC(=O)NC1C(O)OC(CO)C(O)C1O. The summed E-state index contributed by atoms with van der Waals surface area (Å²) in [4.78, 5) is 11.6. The molecule has 0 bridgehead atoms. The molecule has 1 rings (SSSR count). The lowest BCUT2D eigenvalue weighted by molar-refractivity contribution is -0.253. The first-order chi connectivity index (χ1) is 9.01. The summed E-state index contributed by atoms with van der Waals surface area (Å²) >= 11 is 0. The fourth-order valence-electron chi connectivity index (χ4n) is 2.05. The fraction of sp³-hybridized carbons (Fsp3) is 0.917. The van der Waals surface area contributed by atoms with E-state index in [4.69, 9.17) is 9.84 Å². The van der Waals surface area contributed by atoms with E-state index < -0.39 is 37.3 Å². The van der Waals surface area contributed by atoms with Crippen LogP contribution in [0.5, 0.6) is 0 Å². The maximum Gasteiger partial charge on any atom is 0.220 e. The molecular weight excluding hydrogens is 254 g/mol. The van der Waals surface area contributed by atoms with Gasteiger partial charge in [-0.3, -0.25) is 4.79 Å². The quantitative estimate of drug-likeness (QED) is 0.376. The van der Waals surface area contributed by atoms with Crippen molar-refractivity contribution < 1.29 is 30.0 Å². The molecule has 5 atom stereocenters. The minimum absolute atomic E-state index is 0.295. The molecule has 7 nitrogen and oxygen atoms in total. The highest BCUT2D eigenvalue weighted by molar-refractivity contribution is 5.76. The van der Waals surface area contributed by atoms with Gasteiger partial charge in [-0.25, -0.2) is 0 Å². The van der Waals surface area contributed by atoms with Crippen molar-refractivity contribution >= 4 is 5.91 Å². The lowest BCUT2D eigenvalue weighted by Crippen LogP contribution is -2.64. The standard InChI is InChI=1S/C12H23NO6/c1-2-3-4-5-8(15)13-9-11(17)10(16)7(6-14)19-12(9)18/h7,9-12,14,16-18H,2-6H2,1H3,(H,13,15). The van der Waals surface area contributed by atoms with Crippen LogP contribution in [0.3, 0.4) is 0 Å². The molecular formula is C12H23NO6. The number of hydrogen-bond donors (Lipinski definition) is 5. The summed E-state index contributed by atoms with van der Waals surface area (Å²) in [5.41, 5.74) is 0. The lowest BCUT2D eigenvalue weighted by atomic mass is 9.97. The minimum atomic E-state index is -1.45. The van der Waals surface area contributed by atoms with Crippen molar-refractivity contribution in [3.63, 3.8) is 0 Å². The van der Waals surface area contributed by atoms with Gasteiger partial charge in [-0.05, 0) is 6.42 Å². The van der Waals surface area contributed by atoms with Crippen molar-refractivity contribution in [3.8, 4) is 0 Å². The highest BCUT2D eigenvalue weighted by Crippen LogP contribution is 2.19. The molecule has 1 heterocycles. The van der Waals surface area contributed by atoms with Gasteiger partial charge >= 0.3 is 0 Å². The molecule has 1 fully saturated rings. The van der Waals surface area contributed by atoms with Crippen LogP contribution in [-0.2, 0) is 9.53 Å². The molecule has 0 radical (unpaired) electrons. The van der Waals surface area contributed by atoms with Crippen LogP contribution < -0.4 is 5.32 Å². The molecule has 0 aromatic carbocycles. The van der Waals surface area contributed by atoms with Gasteiger partial charge in [0.05, 0.1) is 6.61 Å². The number of rotatable bonds is 6. The summed E-state index contributed by atoms with van der Waals surface area (Å²) in [5.74, 6) is -0.310. The third-order valence-electron chi connectivity index (χ3n) is 3.24. The summed E-state index contributed by atoms with van der Waals surface area (Å²) in [6.07, 6.45) is -2.31. The molecule has 112 valence electrons. The number of amides is 1. The second kappa shape index (κ2) is 7.76. The normalized spacial score (nSPS) is 35.1. The Morgan fingerprint density at radius 2 is 1.89 bits per heavy atom. The van der Waals surface area contributed by atoms with Crippen LogP contribution in [-0.4, -0.2) is 63.6 Å². The van der Waals surface area contributed by atoms with E-state index in [9.17, 15) is 20.1 Å². The zero-order valence-electron chi connectivity index (χ0n) is 11.0. The first-order valence-corrected chi connectivity index (χ1v) is 6.61. The summed E-state index contributed by atoms with van der Waals surface area (Å²) in [6.45, 7) is 1.50. The predicted molar refractivity (Wildman–Crippen MR) is 66.1 cm³/mol. The maximum absolute atomic E-state index is 11.6. The number of ether oxygens (including phenoxy) is 1. The highest BCUT2D eigenvalue weighted by atomic mass is 16.6. The molecule has 5 unspecified atom stereocenters. The van der Waals surface area contributed by atoms with E-state index in [1.54, 1.807) is 0 Å². The van der Waals surface area contributed by atoms with E-state index in [0.717, 1.165) is 19.3 Å². The van der Waals surface area contributed by atoms with Crippen LogP contribution in [0, 0.1) is 0 Å². The Balaban J connectivity index is 2.50. The molecule has 1 aliphatic heterocycles. The molecule has 5 N–H and O–H groups in total. The molecule has 19 heavy (non-hydrogen) atoms. The van der Waals surface area contributed by atoms with Crippen LogP contribution in [0.1, 0.15) is 32.6 Å². The summed E-state index contributed by atoms with van der Waals surface area (Å²) in [6, 6.07) is -1.09. The Bertz CT molecular complexity index is 287. The topological polar surface area (TPSA) is 119 Å². The molecule has 0 spiro atoms. The molecule has 0 aliphatic carbocycles. The van der Waals surface area contributed by atoms with Gasteiger partial charge in [0.2, 0.25) is 5.91 Å². The van der Waals surface area contributed by atoms with Crippen molar-refractivity contribution in [2.45, 2.75) is 63.3 Å². The second-order valence-electron chi connectivity index (χ2n) is 4.78. The fourth-order valence-corrected chi connectivity index (χ4v) is 2.05. The molecule has 7 heteroatoms. The molecule has 0 aromatic rings. The van der Waals surface area contributed by atoms with E-state index in [-0.39, 0.29) is 5.91 Å². The van der Waals surface area contributed by atoms with Crippen LogP contribution in [0.2, 0.25) is 0 Å². The van der Waals surface area contributed by atoms with Crippen molar-refractivity contribution in [2.24, 2.45) is 0 Å². The summed E-state index contributed by atoms with van der Waals surface area (Å²) < 4.78 is 4.94. The first-order valence-electron chi connectivity index (χ1n) is 6.61. The largest absolute Gasteiger partial charge is 0.394 e. The van der Waals surface area contributed by atoms with Crippen molar-refractivity contribution in [3.05, 3.63) is 0 Å². The Kier molecular flexibility index (Phi) is 6.67. The van der Waals surface area contributed by atoms with Gasteiger partial charge in [0.25, 0.3) is 0 Å². The smallest absolute Gasteiger partial charge is 0.220 e. The second-order valence-corrected chi connectivity index (χ2v) is 4.78. The predicted octanol–water partition coefficient (Wildman–Crippen LogP) is -1.52. The van der Waals surface area contributed by atoms with Gasteiger partial charge in [0.1, 0.15) is 24.4 Å². The first kappa shape index (κ1) is 16.3. The zero-order valence-corrected chi connectivity index (χ0v) is 11.0. The number of aliphatic hydroxyl groups excluding tert-OH is 4. The molecule has 1 amide bonds. The van der Waals surface area contributed by atoms with Crippen LogP contribution in [0.4, 0.5) is 0 Å². The number of aliphatic hydroxyl groups is 4. The molecule has 0 saturated carbocycles. The number of hydrogen-bond acceptors (Lipinski definition) is 6. The van der Waals surface area contributed by atoms with Gasteiger partial charge in [-0.15, -0.1) is 0 Å². The third kappa shape index (κ3) is 4.39. The van der Waals surface area contributed by atoms with E-state index in [2.05, 4.69) is 5.32 Å². The summed E-state index contributed by atoms with van der Waals surface area (Å²) in [5, 5.41) is 40.5. The number of carbonyl (C=O) groups is 1. The zero-order chi connectivity index (χ0) is 14.4. The van der Waals surface area contributed by atoms with Crippen LogP contribution in [0.15, 0.2) is 0 Å². The van der Waals surface area contributed by atoms with E-state index in [1.165, 1.54) is 0 Å². The number of nitrogens with one attached hydrogen (secondary N) is 1. The van der Waals surface area contributed by atoms with Gasteiger partial charge in [-0.2, -0.15) is 0 Å². The third-order valence-corrected chi connectivity index (χ3v) is 3.24. The van der Waals surface area contributed by atoms with Gasteiger partial charge in [0.15, 0.2) is 6.29 Å². The molecule has 1 aliphatic rings. The summed E-state index contributed by atoms with van der Waals surface area (Å²) in [7, 11) is 0. The van der Waals surface area contributed by atoms with E-state index in [1.807, 2.05) is 6.92 Å². The number of unbranched alkanes of at least 4 members (excludes halogenated alkanes) is 2. The molecule has 0 aromatic heterocycles. The highest BCUT2D eigenvalue weighted by Gasteiger charge is 2.44. The van der Waals surface area contributed by atoms with Gasteiger partial charge in [0, 0.05) is 6.42 Å². The maximum atomic E-state index is 11.6. The Labute approximate surface area is 112 Å². The van der Waals surface area contributed by atoms with Gasteiger partial charge < -0.3 is 30.5 Å². The van der Waals surface area contributed by atoms with E-state index in [0.29, 0.717) is 6.42 Å². The minimum Gasteiger partial charge on any atom is -0.394 e. The average Bonchev–Trinajstić information content (AvgIpc) is 2.39. The Hall–Kier alpha value is -0.730. The monoisotopic (exact) mass is 277 g/mol.